The van der Waals surface area contributed by atoms with Crippen LogP contribution in [-0.2, 0) is 19.6 Å². The Bertz CT molecular complexity index is 312. The maximum atomic E-state index is 11.4. The van der Waals surface area contributed by atoms with E-state index in [-0.39, 0.29) is 18.2 Å². The fraction of sp³-hybridized carbons (Fsp3) is 0.889. The molecule has 0 saturated heterocycles. The second kappa shape index (κ2) is 6.82. The number of carbonyl (C=O) groups is 1. The first-order valence-electron chi connectivity index (χ1n) is 5.01. The Hall–Kier alpha value is -0.660. The van der Waals surface area contributed by atoms with Crippen molar-refractivity contribution in [3.63, 3.8) is 0 Å². The van der Waals surface area contributed by atoms with E-state index in [1.165, 1.54) is 7.11 Å². The molecule has 0 radical (unpaired) electrons. The number of hydrogen-bond acceptors (Lipinski definition) is 4. The minimum Gasteiger partial charge on any atom is -0.479 e. The molecule has 0 amide bonds. The van der Waals surface area contributed by atoms with Crippen molar-refractivity contribution in [1.29, 1.82) is 0 Å². The zero-order valence-corrected chi connectivity index (χ0v) is 10.6. The predicted octanol–water partition coefficient (Wildman–Crippen LogP) is 0.0515. The molecule has 96 valence electrons. The van der Waals surface area contributed by atoms with Crippen molar-refractivity contribution in [2.24, 2.45) is 5.92 Å². The van der Waals surface area contributed by atoms with Crippen molar-refractivity contribution in [3.8, 4) is 0 Å². The molecule has 0 spiro atoms. The van der Waals surface area contributed by atoms with Crippen molar-refractivity contribution in [2.75, 3.05) is 19.4 Å². The van der Waals surface area contributed by atoms with Crippen LogP contribution in [0.15, 0.2) is 0 Å². The van der Waals surface area contributed by atoms with Crippen LogP contribution in [0.1, 0.15) is 20.3 Å². The topological polar surface area (TPSA) is 92.7 Å². The van der Waals surface area contributed by atoms with Gasteiger partial charge >= 0.3 is 5.97 Å². The Kier molecular flexibility index (Phi) is 6.54. The van der Waals surface area contributed by atoms with Gasteiger partial charge in [0.25, 0.3) is 0 Å². The lowest BCUT2D eigenvalue weighted by molar-refractivity contribution is -0.147. The zero-order valence-electron chi connectivity index (χ0n) is 9.76. The fourth-order valence-corrected chi connectivity index (χ4v) is 2.27. The Balaban J connectivity index is 4.12. The van der Waals surface area contributed by atoms with Gasteiger partial charge < -0.3 is 9.84 Å². The van der Waals surface area contributed by atoms with E-state index in [9.17, 15) is 13.2 Å². The van der Waals surface area contributed by atoms with Crippen LogP contribution in [-0.4, -0.2) is 45.0 Å². The van der Waals surface area contributed by atoms with Crippen LogP contribution < -0.4 is 4.72 Å². The van der Waals surface area contributed by atoms with Crippen LogP contribution in [0.5, 0.6) is 0 Å². The molecule has 0 rings (SSSR count). The Morgan fingerprint density at radius 2 is 2.00 bits per heavy atom. The zero-order chi connectivity index (χ0) is 12.8. The van der Waals surface area contributed by atoms with E-state index in [1.807, 2.05) is 13.8 Å². The smallest absolute Gasteiger partial charge is 0.334 e. The van der Waals surface area contributed by atoms with E-state index < -0.39 is 22.1 Å². The molecule has 2 N–H and O–H groups in total. The molecule has 0 aliphatic rings. The number of carboxylic acid groups (broad SMARTS) is 1. The summed E-state index contributed by atoms with van der Waals surface area (Å²) in [7, 11) is -2.19. The number of carboxylic acids is 1. The molecule has 0 fully saturated rings. The average molecular weight is 253 g/mol. The van der Waals surface area contributed by atoms with Crippen molar-refractivity contribution in [3.05, 3.63) is 0 Å². The summed E-state index contributed by atoms with van der Waals surface area (Å²) >= 11 is 0. The van der Waals surface area contributed by atoms with Gasteiger partial charge in [0.1, 0.15) is 0 Å². The molecule has 0 saturated carbocycles. The first-order valence-corrected chi connectivity index (χ1v) is 6.66. The van der Waals surface area contributed by atoms with Crippen molar-refractivity contribution in [2.45, 2.75) is 26.4 Å². The van der Waals surface area contributed by atoms with Crippen LogP contribution in [0.2, 0.25) is 0 Å². The van der Waals surface area contributed by atoms with Gasteiger partial charge in [-0.25, -0.2) is 17.9 Å². The first-order chi connectivity index (χ1) is 7.28. The van der Waals surface area contributed by atoms with Crippen LogP contribution >= 0.6 is 0 Å². The number of nitrogens with one attached hydrogen (secondary N) is 1. The summed E-state index contributed by atoms with van der Waals surface area (Å²) in [5.41, 5.74) is 0. The van der Waals surface area contributed by atoms with E-state index in [1.54, 1.807) is 0 Å². The molecule has 0 heterocycles. The molecule has 0 aromatic carbocycles. The molecule has 1 unspecified atom stereocenters. The van der Waals surface area contributed by atoms with Crippen molar-refractivity contribution < 1.29 is 23.1 Å². The van der Waals surface area contributed by atoms with E-state index in [0.29, 0.717) is 6.42 Å². The lowest BCUT2D eigenvalue weighted by Gasteiger charge is -2.12. The summed E-state index contributed by atoms with van der Waals surface area (Å²) in [4.78, 5) is 10.6. The Morgan fingerprint density at radius 1 is 1.44 bits per heavy atom. The van der Waals surface area contributed by atoms with Crippen molar-refractivity contribution >= 4 is 16.0 Å². The second-order valence-electron chi connectivity index (χ2n) is 3.91. The molecule has 6 nitrogen and oxygen atoms in total. The van der Waals surface area contributed by atoms with Gasteiger partial charge in [-0.15, -0.1) is 0 Å². The SMILES string of the molecule is COC(CNS(=O)(=O)CCC(C)C)C(=O)O. The van der Waals surface area contributed by atoms with Gasteiger partial charge in [0.2, 0.25) is 10.0 Å². The molecular weight excluding hydrogens is 234 g/mol. The van der Waals surface area contributed by atoms with E-state index in [4.69, 9.17) is 5.11 Å². The van der Waals surface area contributed by atoms with E-state index in [0.717, 1.165) is 0 Å². The monoisotopic (exact) mass is 253 g/mol. The van der Waals surface area contributed by atoms with Crippen LogP contribution in [0, 0.1) is 5.92 Å². The van der Waals surface area contributed by atoms with Gasteiger partial charge in [-0.1, -0.05) is 13.8 Å². The van der Waals surface area contributed by atoms with Crippen LogP contribution in [0.3, 0.4) is 0 Å². The van der Waals surface area contributed by atoms with Crippen molar-refractivity contribution in [1.82, 2.24) is 4.72 Å². The molecule has 0 aliphatic heterocycles. The summed E-state index contributed by atoms with van der Waals surface area (Å²) < 4.78 is 29.7. The number of sulfonamides is 1. The van der Waals surface area contributed by atoms with Gasteiger partial charge in [0.15, 0.2) is 6.10 Å². The highest BCUT2D eigenvalue weighted by Gasteiger charge is 2.19. The summed E-state index contributed by atoms with van der Waals surface area (Å²) in [6.07, 6.45) is -0.603. The molecule has 7 heteroatoms. The lowest BCUT2D eigenvalue weighted by Crippen LogP contribution is -2.38. The maximum absolute atomic E-state index is 11.4. The Labute approximate surface area is 96.0 Å². The largest absolute Gasteiger partial charge is 0.479 e. The third-order valence-corrected chi connectivity index (χ3v) is 3.39. The number of aliphatic carboxylic acids is 1. The number of rotatable bonds is 8. The highest BCUT2D eigenvalue weighted by molar-refractivity contribution is 7.89. The quantitative estimate of drug-likeness (QED) is 0.637. The summed E-state index contributed by atoms with van der Waals surface area (Å²) in [6.45, 7) is 3.60. The summed E-state index contributed by atoms with van der Waals surface area (Å²) in [5, 5.41) is 8.63. The van der Waals surface area contributed by atoms with Gasteiger partial charge in [0, 0.05) is 13.7 Å². The summed E-state index contributed by atoms with van der Waals surface area (Å²) in [6, 6.07) is 0. The lowest BCUT2D eigenvalue weighted by atomic mass is 10.2. The third kappa shape index (κ3) is 6.76. The highest BCUT2D eigenvalue weighted by atomic mass is 32.2. The second-order valence-corrected chi connectivity index (χ2v) is 5.84. The number of ether oxygens (including phenoxy) is 1. The molecule has 0 aromatic heterocycles. The van der Waals surface area contributed by atoms with E-state index in [2.05, 4.69) is 9.46 Å². The molecule has 1 atom stereocenters. The molecule has 16 heavy (non-hydrogen) atoms. The minimum atomic E-state index is -3.41. The highest BCUT2D eigenvalue weighted by Crippen LogP contribution is 2.02. The van der Waals surface area contributed by atoms with Gasteiger partial charge in [-0.05, 0) is 12.3 Å². The van der Waals surface area contributed by atoms with Gasteiger partial charge in [-0.3, -0.25) is 0 Å². The molecule has 0 bridgehead atoms. The minimum absolute atomic E-state index is 0.000714. The fourth-order valence-electron chi connectivity index (χ4n) is 0.937. The molecule has 0 aromatic rings. The summed E-state index contributed by atoms with van der Waals surface area (Å²) in [5.74, 6) is -0.899. The predicted molar refractivity (Wildman–Crippen MR) is 59.7 cm³/mol. The van der Waals surface area contributed by atoms with Crippen LogP contribution in [0.25, 0.3) is 0 Å². The normalized spacial score (nSPS) is 14.0. The first kappa shape index (κ1) is 15.3. The Morgan fingerprint density at radius 3 is 2.38 bits per heavy atom. The average Bonchev–Trinajstić information content (AvgIpc) is 2.15. The number of hydrogen-bond donors (Lipinski definition) is 2. The third-order valence-electron chi connectivity index (χ3n) is 2.01. The maximum Gasteiger partial charge on any atom is 0.334 e. The van der Waals surface area contributed by atoms with E-state index >= 15 is 0 Å². The standard InChI is InChI=1S/C9H19NO5S/c1-7(2)4-5-16(13,14)10-6-8(15-3)9(11)12/h7-8,10H,4-6H2,1-3H3,(H,11,12). The van der Waals surface area contributed by atoms with Gasteiger partial charge in [-0.2, -0.15) is 0 Å². The van der Waals surface area contributed by atoms with Crippen LogP contribution in [0.4, 0.5) is 0 Å². The molecular formula is C9H19NO5S. The number of methoxy groups -OCH3 is 1. The molecule has 0 aliphatic carbocycles. The van der Waals surface area contributed by atoms with Gasteiger partial charge in [0.05, 0.1) is 5.75 Å².